The fourth-order valence-electron chi connectivity index (χ4n) is 2.47. The van der Waals surface area contributed by atoms with Crippen molar-refractivity contribution in [3.63, 3.8) is 0 Å². The highest BCUT2D eigenvalue weighted by Crippen LogP contribution is 2.43. The van der Waals surface area contributed by atoms with Crippen molar-refractivity contribution in [1.29, 1.82) is 0 Å². The van der Waals surface area contributed by atoms with Crippen LogP contribution in [-0.2, 0) is 4.74 Å². The second kappa shape index (κ2) is 6.17. The van der Waals surface area contributed by atoms with Crippen LogP contribution in [0.5, 0.6) is 0 Å². The summed E-state index contributed by atoms with van der Waals surface area (Å²) < 4.78 is 6.79. The third-order valence-corrected chi connectivity index (χ3v) is 6.63. The molecule has 1 aromatic rings. The smallest absolute Gasteiger partial charge is 0.330 e. The molecule has 9 heteroatoms. The molecular formula is C12H16N2O5S2. The van der Waals surface area contributed by atoms with Crippen LogP contribution in [0.3, 0.4) is 0 Å². The van der Waals surface area contributed by atoms with Gasteiger partial charge < -0.3 is 14.9 Å². The van der Waals surface area contributed by atoms with E-state index in [1.165, 1.54) is 10.8 Å². The Hall–Kier alpha value is -0.740. The summed E-state index contributed by atoms with van der Waals surface area (Å²) in [5.41, 5.74) is -0.402. The van der Waals surface area contributed by atoms with Gasteiger partial charge in [-0.2, -0.15) is 0 Å². The first kappa shape index (κ1) is 15.2. The van der Waals surface area contributed by atoms with Gasteiger partial charge in [0.25, 0.3) is 5.56 Å². The fraction of sp³-hybridized carbons (Fsp3) is 0.667. The Morgan fingerprint density at radius 3 is 2.71 bits per heavy atom. The SMILES string of the molecule is O=c1[nH]c(=O)n([C@H]2C[C@H](O)[C@@H](CO)O2)cc1C1SCCS1. The van der Waals surface area contributed by atoms with Gasteiger partial charge in [-0.3, -0.25) is 14.3 Å². The summed E-state index contributed by atoms with van der Waals surface area (Å²) in [4.78, 5) is 26.2. The van der Waals surface area contributed by atoms with Gasteiger partial charge in [-0.15, -0.1) is 23.5 Å². The molecule has 3 rings (SSSR count). The molecule has 0 aliphatic carbocycles. The van der Waals surface area contributed by atoms with Gasteiger partial charge in [0.15, 0.2) is 0 Å². The van der Waals surface area contributed by atoms with E-state index in [9.17, 15) is 14.7 Å². The van der Waals surface area contributed by atoms with Crippen LogP contribution in [0.25, 0.3) is 0 Å². The number of rotatable bonds is 3. The Kier molecular flexibility index (Phi) is 4.46. The molecular weight excluding hydrogens is 316 g/mol. The van der Waals surface area contributed by atoms with E-state index in [1.807, 2.05) is 0 Å². The summed E-state index contributed by atoms with van der Waals surface area (Å²) in [6.45, 7) is -0.309. The van der Waals surface area contributed by atoms with Gasteiger partial charge in [0, 0.05) is 24.1 Å². The maximum atomic E-state index is 12.0. The predicted molar refractivity (Wildman–Crippen MR) is 80.6 cm³/mol. The van der Waals surface area contributed by atoms with Crippen LogP contribution in [0.2, 0.25) is 0 Å². The molecule has 3 atom stereocenters. The third-order valence-electron chi connectivity index (χ3n) is 3.57. The van der Waals surface area contributed by atoms with Crippen LogP contribution in [0, 0.1) is 0 Å². The molecule has 3 heterocycles. The molecule has 0 bridgehead atoms. The second-order valence-electron chi connectivity index (χ2n) is 4.94. The zero-order chi connectivity index (χ0) is 15.0. The van der Waals surface area contributed by atoms with Crippen molar-refractivity contribution < 1.29 is 14.9 Å². The van der Waals surface area contributed by atoms with E-state index in [4.69, 9.17) is 9.84 Å². The van der Waals surface area contributed by atoms with Gasteiger partial charge in [0.1, 0.15) is 12.3 Å². The fourth-order valence-corrected chi connectivity index (χ4v) is 5.33. The van der Waals surface area contributed by atoms with Gasteiger partial charge in [0.2, 0.25) is 0 Å². The van der Waals surface area contributed by atoms with Gasteiger partial charge in [-0.05, 0) is 0 Å². The van der Waals surface area contributed by atoms with E-state index in [1.54, 1.807) is 23.5 Å². The molecule has 0 amide bonds. The highest BCUT2D eigenvalue weighted by atomic mass is 32.2. The lowest BCUT2D eigenvalue weighted by Gasteiger charge is -2.16. The first-order valence-corrected chi connectivity index (χ1v) is 8.73. The Morgan fingerprint density at radius 1 is 1.38 bits per heavy atom. The lowest BCUT2D eigenvalue weighted by molar-refractivity contribution is -0.0459. The minimum Gasteiger partial charge on any atom is -0.394 e. The number of hydrogen-bond donors (Lipinski definition) is 3. The molecule has 2 aliphatic heterocycles. The van der Waals surface area contributed by atoms with Gasteiger partial charge in [-0.1, -0.05) is 0 Å². The first-order valence-electron chi connectivity index (χ1n) is 6.63. The monoisotopic (exact) mass is 332 g/mol. The number of aliphatic hydroxyl groups excluding tert-OH is 2. The average molecular weight is 332 g/mol. The molecule has 0 unspecified atom stereocenters. The number of H-pyrrole nitrogens is 1. The van der Waals surface area contributed by atoms with Crippen LogP contribution in [-0.4, -0.2) is 50.1 Å². The number of hydrogen-bond acceptors (Lipinski definition) is 7. The molecule has 2 fully saturated rings. The van der Waals surface area contributed by atoms with E-state index in [2.05, 4.69) is 4.98 Å². The normalized spacial score (nSPS) is 30.1. The van der Waals surface area contributed by atoms with Crippen molar-refractivity contribution in [3.8, 4) is 0 Å². The molecule has 2 aliphatic rings. The Bertz CT molecular complexity index is 625. The summed E-state index contributed by atoms with van der Waals surface area (Å²) in [6, 6.07) is 0. The van der Waals surface area contributed by atoms with Gasteiger partial charge in [0.05, 0.1) is 22.9 Å². The number of nitrogens with zero attached hydrogens (tertiary/aromatic N) is 1. The molecule has 0 spiro atoms. The van der Waals surface area contributed by atoms with Crippen molar-refractivity contribution in [3.05, 3.63) is 32.6 Å². The second-order valence-corrected chi connectivity index (χ2v) is 7.66. The van der Waals surface area contributed by atoms with E-state index in [0.29, 0.717) is 5.56 Å². The van der Waals surface area contributed by atoms with Crippen molar-refractivity contribution >= 4 is 23.5 Å². The lowest BCUT2D eigenvalue weighted by Crippen LogP contribution is -2.34. The number of aromatic nitrogens is 2. The molecule has 116 valence electrons. The first-order chi connectivity index (χ1) is 10.1. The van der Waals surface area contributed by atoms with E-state index in [0.717, 1.165) is 11.5 Å². The molecule has 0 radical (unpaired) electrons. The van der Waals surface area contributed by atoms with Crippen LogP contribution < -0.4 is 11.2 Å². The number of aromatic amines is 1. The van der Waals surface area contributed by atoms with Crippen LogP contribution in [0.4, 0.5) is 0 Å². The molecule has 1 aromatic heterocycles. The predicted octanol–water partition coefficient (Wildman–Crippen LogP) is -0.344. The highest BCUT2D eigenvalue weighted by Gasteiger charge is 2.35. The summed E-state index contributed by atoms with van der Waals surface area (Å²) in [6.07, 6.45) is -0.461. The minimum absolute atomic E-state index is 0.0144. The van der Waals surface area contributed by atoms with Gasteiger partial charge in [-0.25, -0.2) is 4.79 Å². The third kappa shape index (κ3) is 2.93. The highest BCUT2D eigenvalue weighted by molar-refractivity contribution is 8.19. The number of nitrogens with one attached hydrogen (secondary N) is 1. The van der Waals surface area contributed by atoms with E-state index in [-0.39, 0.29) is 23.2 Å². The lowest BCUT2D eigenvalue weighted by atomic mass is 10.2. The summed E-state index contributed by atoms with van der Waals surface area (Å²) >= 11 is 3.34. The van der Waals surface area contributed by atoms with E-state index < -0.39 is 24.1 Å². The summed E-state index contributed by atoms with van der Waals surface area (Å²) in [5.74, 6) is 1.94. The minimum atomic E-state index is -0.822. The maximum Gasteiger partial charge on any atom is 0.330 e. The average Bonchev–Trinajstić information content (AvgIpc) is 3.08. The van der Waals surface area contributed by atoms with Gasteiger partial charge >= 0.3 is 5.69 Å². The Morgan fingerprint density at radius 2 is 2.10 bits per heavy atom. The van der Waals surface area contributed by atoms with Crippen molar-refractivity contribution in [2.45, 2.75) is 29.4 Å². The molecule has 0 saturated carbocycles. The summed E-state index contributed by atoms with van der Waals surface area (Å²) in [7, 11) is 0. The largest absolute Gasteiger partial charge is 0.394 e. The topological polar surface area (TPSA) is 105 Å². The molecule has 3 N–H and O–H groups in total. The molecule has 0 aromatic carbocycles. The number of aliphatic hydroxyl groups is 2. The molecule has 2 saturated heterocycles. The van der Waals surface area contributed by atoms with Crippen molar-refractivity contribution in [1.82, 2.24) is 9.55 Å². The molecule has 21 heavy (non-hydrogen) atoms. The standard InChI is InChI=1S/C12H16N2O5S2/c15-5-8-7(16)3-9(19-8)14-4-6(10(17)13-12(14)18)11-20-1-2-21-11/h4,7-9,11,15-16H,1-3,5H2,(H,13,17,18)/t7-,8+,9+/m0/s1. The number of ether oxygens (including phenoxy) is 1. The number of thioether (sulfide) groups is 2. The van der Waals surface area contributed by atoms with Crippen LogP contribution in [0.15, 0.2) is 15.8 Å². The zero-order valence-electron chi connectivity index (χ0n) is 11.1. The zero-order valence-corrected chi connectivity index (χ0v) is 12.7. The quantitative estimate of drug-likeness (QED) is 0.695. The Balaban J connectivity index is 1.93. The van der Waals surface area contributed by atoms with Crippen molar-refractivity contribution in [2.75, 3.05) is 18.1 Å². The maximum absolute atomic E-state index is 12.0. The Labute approximate surface area is 128 Å². The summed E-state index contributed by atoms with van der Waals surface area (Å²) in [5, 5.41) is 18.9. The van der Waals surface area contributed by atoms with E-state index >= 15 is 0 Å². The molecule has 7 nitrogen and oxygen atoms in total. The van der Waals surface area contributed by atoms with Crippen LogP contribution in [0.1, 0.15) is 22.8 Å². The van der Waals surface area contributed by atoms with Crippen LogP contribution >= 0.6 is 23.5 Å². The van der Waals surface area contributed by atoms with Crippen molar-refractivity contribution in [2.24, 2.45) is 0 Å².